The van der Waals surface area contributed by atoms with Crippen molar-refractivity contribution < 1.29 is 2.82 Å². The second-order valence-corrected chi connectivity index (χ2v) is 1.46. The predicted molar refractivity (Wildman–Crippen MR) is 28.5 cm³/mol. The van der Waals surface area contributed by atoms with E-state index in [1.54, 1.807) is 0 Å². The number of rotatable bonds is 2. The first-order valence-electron chi connectivity index (χ1n) is 2.91. The lowest BCUT2D eigenvalue weighted by Gasteiger charge is -1.80. The zero-order valence-corrected chi connectivity index (χ0v) is 4.23. The third kappa shape index (κ3) is 3.70. The van der Waals surface area contributed by atoms with Gasteiger partial charge in [-0.1, -0.05) is 11.6 Å². The molecule has 0 aromatic heterocycles. The van der Waals surface area contributed by atoms with E-state index in [9.17, 15) is 0 Å². The molecule has 0 saturated carbocycles. The van der Waals surface area contributed by atoms with E-state index in [4.69, 9.17) is 2.82 Å². The van der Waals surface area contributed by atoms with Gasteiger partial charge in [0.1, 0.15) is 2.82 Å². The highest BCUT2D eigenvalue weighted by Gasteiger charge is 1.67. The van der Waals surface area contributed by atoms with E-state index in [0.29, 0.717) is 12.3 Å². The van der Waals surface area contributed by atoms with Gasteiger partial charge in [0.25, 0.3) is 0 Å². The van der Waals surface area contributed by atoms with Crippen LogP contribution in [0.2, 0.25) is 2.82 Å². The lowest BCUT2D eigenvalue weighted by Crippen LogP contribution is -1.92. The van der Waals surface area contributed by atoms with E-state index in [1.165, 1.54) is 0 Å². The minimum atomic E-state index is 0.391. The summed E-state index contributed by atoms with van der Waals surface area (Å²) in [5.74, 6) is 0. The molecule has 0 atom stereocenters. The topological polar surface area (TPSA) is 26.0 Å². The fraction of sp³-hybridized carbons (Fsp3) is 0.600. The number of allylic oxidation sites excluding steroid dienone is 1. The maximum atomic E-state index is 6.63. The fourth-order valence-electron chi connectivity index (χ4n) is 0.183. The van der Waals surface area contributed by atoms with Crippen LogP contribution in [0.3, 0.4) is 0 Å². The van der Waals surface area contributed by atoms with Crippen molar-refractivity contribution in [1.82, 2.24) is 0 Å². The summed E-state index contributed by atoms with van der Waals surface area (Å²) in [5, 5.41) is 0. The molecule has 0 unspecified atom stereocenters. The van der Waals surface area contributed by atoms with Crippen LogP contribution in [0.4, 0.5) is 0 Å². The lowest BCUT2D eigenvalue weighted by atomic mass is 10.3. The minimum absolute atomic E-state index is 0.391. The molecular formula is C5H11N. The molecule has 0 heterocycles. The summed E-state index contributed by atoms with van der Waals surface area (Å²) in [6, 6.07) is 0. The molecule has 0 fully saturated rings. The van der Waals surface area contributed by atoms with Gasteiger partial charge in [0.05, 0.1) is 0 Å². The van der Waals surface area contributed by atoms with E-state index in [1.807, 2.05) is 19.9 Å². The monoisotopic (exact) mass is 87.1 g/mol. The minimum Gasteiger partial charge on any atom is -0.327 e. The molecule has 0 rings (SSSR count). The number of nitrogens with two attached hydrogens (primary N) is 1. The summed E-state index contributed by atoms with van der Waals surface area (Å²) < 4.78 is 13.3. The second-order valence-electron chi connectivity index (χ2n) is 1.46. The normalized spacial score (nSPS) is 13.2. The van der Waals surface area contributed by atoms with Gasteiger partial charge in [0.15, 0.2) is 0 Å². The van der Waals surface area contributed by atoms with Crippen LogP contribution in [0.1, 0.15) is 13.8 Å². The summed E-state index contributed by atoms with van der Waals surface area (Å²) in [5.41, 5.74) is 1.79. The summed E-state index contributed by atoms with van der Waals surface area (Å²) in [7, 11) is 0. The Balaban J connectivity index is 3.29. The molecule has 0 spiro atoms. The van der Waals surface area contributed by atoms with Crippen molar-refractivity contribution in [2.24, 2.45) is 5.72 Å². The standard InChI is InChI=1S/C5H11N/c1-5(2)3-4-6/h3H,4,6H2,1-2H3/i/hD2. The Hall–Kier alpha value is -0.300. The van der Waals surface area contributed by atoms with Gasteiger partial charge in [-0.05, 0) is 13.8 Å². The van der Waals surface area contributed by atoms with Crippen LogP contribution in [0.25, 0.3) is 0 Å². The summed E-state index contributed by atoms with van der Waals surface area (Å²) in [6.07, 6.45) is 1.83. The number of hydrogen-bond donors (Lipinski definition) is 1. The van der Waals surface area contributed by atoms with Crippen molar-refractivity contribution >= 4 is 0 Å². The molecule has 36 valence electrons. The average Bonchev–Trinajstić information content (AvgIpc) is 1.61. The molecule has 0 aliphatic carbocycles. The van der Waals surface area contributed by atoms with Crippen LogP contribution in [-0.4, -0.2) is 6.54 Å². The van der Waals surface area contributed by atoms with Gasteiger partial charge in [-0.25, -0.2) is 0 Å². The summed E-state index contributed by atoms with van der Waals surface area (Å²) >= 11 is 0. The van der Waals surface area contributed by atoms with Gasteiger partial charge in [0.2, 0.25) is 0 Å². The van der Waals surface area contributed by atoms with Crippen molar-refractivity contribution in [1.29, 1.82) is 0 Å². The van der Waals surface area contributed by atoms with Crippen LogP contribution in [0, 0.1) is 0 Å². The molecule has 6 heavy (non-hydrogen) atoms. The van der Waals surface area contributed by atoms with Gasteiger partial charge in [-0.15, -0.1) is 0 Å². The van der Waals surface area contributed by atoms with Gasteiger partial charge in [-0.2, -0.15) is 0 Å². The van der Waals surface area contributed by atoms with Crippen molar-refractivity contribution in [3.63, 3.8) is 0 Å². The molecular weight excluding hydrogens is 74.1 g/mol. The molecule has 0 bridgehead atoms. The molecule has 0 aromatic carbocycles. The van der Waals surface area contributed by atoms with Gasteiger partial charge < -0.3 is 5.72 Å². The second kappa shape index (κ2) is 2.91. The molecule has 2 N–H and O–H groups in total. The zero-order chi connectivity index (χ0) is 6.57. The van der Waals surface area contributed by atoms with Crippen LogP contribution >= 0.6 is 0 Å². The molecule has 0 radical (unpaired) electrons. The van der Waals surface area contributed by atoms with E-state index in [2.05, 4.69) is 0 Å². The summed E-state index contributed by atoms with van der Waals surface area (Å²) in [4.78, 5) is 0. The van der Waals surface area contributed by atoms with Crippen LogP contribution in [0.15, 0.2) is 11.6 Å². The third-order valence-corrected chi connectivity index (χ3v) is 0.500. The Morgan fingerprint density at radius 3 is 2.83 bits per heavy atom. The van der Waals surface area contributed by atoms with Crippen LogP contribution < -0.4 is 5.72 Å². The highest BCUT2D eigenvalue weighted by molar-refractivity contribution is 4.93. The molecule has 0 aromatic rings. The van der Waals surface area contributed by atoms with Crippen LogP contribution in [0.5, 0.6) is 0 Å². The first kappa shape index (κ1) is 2.80. The number of hydrogen-bond acceptors (Lipinski definition) is 1. The highest BCUT2D eigenvalue weighted by atomic mass is 14.5. The first-order chi connectivity index (χ1) is 3.63. The Bertz CT molecular complexity index is 84.4. The average molecular weight is 87.2 g/mol. The van der Waals surface area contributed by atoms with Crippen molar-refractivity contribution in [3.05, 3.63) is 11.6 Å². The van der Waals surface area contributed by atoms with Gasteiger partial charge in [0, 0.05) is 6.54 Å². The van der Waals surface area contributed by atoms with Crippen molar-refractivity contribution in [2.75, 3.05) is 6.54 Å². The maximum absolute atomic E-state index is 6.63. The lowest BCUT2D eigenvalue weighted by molar-refractivity contribution is 1.21. The molecule has 1 heteroatoms. The Morgan fingerprint density at radius 1 is 2.00 bits per heavy atom. The summed E-state index contributed by atoms with van der Waals surface area (Å²) in [6.45, 7) is 4.29. The van der Waals surface area contributed by atoms with Crippen molar-refractivity contribution in [3.8, 4) is 0 Å². The molecule has 0 aliphatic rings. The van der Waals surface area contributed by atoms with E-state index in [-0.39, 0.29) is 0 Å². The third-order valence-electron chi connectivity index (χ3n) is 0.500. The molecule has 0 saturated heterocycles. The van der Waals surface area contributed by atoms with E-state index in [0.717, 1.165) is 5.57 Å². The van der Waals surface area contributed by atoms with Crippen LogP contribution in [-0.2, 0) is 0 Å². The molecule has 1 nitrogen and oxygen atoms in total. The van der Waals surface area contributed by atoms with Crippen molar-refractivity contribution in [2.45, 2.75) is 13.8 Å². The fourth-order valence-corrected chi connectivity index (χ4v) is 0.183. The Labute approximate surface area is 41.8 Å². The quantitative estimate of drug-likeness (QED) is 0.498. The SMILES string of the molecule is [2H]N([2H])CC=C(C)C. The Morgan fingerprint density at radius 2 is 2.67 bits per heavy atom. The highest BCUT2D eigenvalue weighted by Crippen LogP contribution is 1.82. The van der Waals surface area contributed by atoms with E-state index >= 15 is 0 Å². The predicted octanol–water partition coefficient (Wildman–Crippen LogP) is 0.911. The first-order valence-corrected chi connectivity index (χ1v) is 2.01. The van der Waals surface area contributed by atoms with Gasteiger partial charge >= 0.3 is 0 Å². The van der Waals surface area contributed by atoms with Gasteiger partial charge in [-0.3, -0.25) is 0 Å². The van der Waals surface area contributed by atoms with E-state index < -0.39 is 0 Å². The largest absolute Gasteiger partial charge is 0.327 e. The maximum Gasteiger partial charge on any atom is 0.119 e. The zero-order valence-electron chi connectivity index (χ0n) is 6.23. The Kier molecular flexibility index (Phi) is 1.36. The molecule has 0 aliphatic heterocycles. The molecule has 0 amide bonds. The smallest absolute Gasteiger partial charge is 0.119 e.